The van der Waals surface area contributed by atoms with Crippen LogP contribution in [0.2, 0.25) is 0 Å². The van der Waals surface area contributed by atoms with Crippen LogP contribution >= 0.6 is 0 Å². The van der Waals surface area contributed by atoms with E-state index in [0.29, 0.717) is 86.5 Å². The second-order valence-electron chi connectivity index (χ2n) is 28.9. The molecule has 0 amide bonds. The number of aryl methyl sites for hydroxylation is 6. The summed E-state index contributed by atoms with van der Waals surface area (Å²) in [5.41, 5.74) is 5.64. The fraction of sp³-hybridized carbons (Fsp3) is 0.373. The minimum absolute atomic E-state index is 0.191. The van der Waals surface area contributed by atoms with Gasteiger partial charge in [0.05, 0.1) is 0 Å². The molecule has 13 aromatic rings. The van der Waals surface area contributed by atoms with Crippen molar-refractivity contribution in [1.29, 1.82) is 0 Å². The van der Waals surface area contributed by atoms with E-state index >= 15 is 0 Å². The van der Waals surface area contributed by atoms with Crippen molar-refractivity contribution in [3.8, 4) is 0 Å². The van der Waals surface area contributed by atoms with Crippen molar-refractivity contribution >= 4 is 155 Å². The Morgan fingerprint density at radius 3 is 1.10 bits per heavy atom. The predicted octanol–water partition coefficient (Wildman–Crippen LogP) is 22.3. The fourth-order valence-electron chi connectivity index (χ4n) is 10.4. The molecular weight excluding hydrogens is 1470 g/mol. The first-order valence-corrected chi connectivity index (χ1v) is 41.1. The minimum atomic E-state index is -1.38. The summed E-state index contributed by atoms with van der Waals surface area (Å²) in [6, 6.07) is 49.3. The molecular formula is C83H100Se6. The van der Waals surface area contributed by atoms with Gasteiger partial charge >= 0.3 is 593 Å². The molecule has 0 bridgehead atoms. The van der Waals surface area contributed by atoms with E-state index in [9.17, 15) is 0 Å². The fourth-order valence-corrected chi connectivity index (χ4v) is 22.1. The van der Waals surface area contributed by atoms with Gasteiger partial charge < -0.3 is 0 Å². The molecule has 0 atom stereocenters. The van der Waals surface area contributed by atoms with Crippen molar-refractivity contribution < 1.29 is 15.1 Å². The second-order valence-corrected chi connectivity index (χ2v) is 44.4. The second kappa shape index (κ2) is 30.2. The van der Waals surface area contributed by atoms with Gasteiger partial charge in [-0.25, -0.2) is 0 Å². The number of rotatable bonds is 5. The van der Waals surface area contributed by atoms with Crippen molar-refractivity contribution in [2.24, 2.45) is 27.1 Å². The third kappa shape index (κ3) is 22.8. The molecule has 13 rings (SSSR count). The van der Waals surface area contributed by atoms with Gasteiger partial charge in [-0.15, -0.1) is 0 Å². The molecule has 6 heterocycles. The summed E-state index contributed by atoms with van der Waals surface area (Å²) >= 11 is 2.00. The molecule has 0 saturated heterocycles. The molecule has 468 valence electrons. The monoisotopic (exact) mass is 1590 g/mol. The molecule has 7 aromatic carbocycles. The first kappa shape index (κ1) is 56.9. The normalized spacial score (nSPS) is 14.4. The summed E-state index contributed by atoms with van der Waals surface area (Å²) in [6.45, 7) is 43.3. The molecule has 0 nitrogen and oxygen atoms in total. The van der Waals surface area contributed by atoms with E-state index in [1.54, 1.807) is 0 Å². The van der Waals surface area contributed by atoms with Crippen LogP contribution in [0.1, 0.15) is 175 Å². The van der Waals surface area contributed by atoms with E-state index in [2.05, 4.69) is 142 Å². The van der Waals surface area contributed by atoms with Gasteiger partial charge in [-0.2, -0.15) is 0 Å². The van der Waals surface area contributed by atoms with Gasteiger partial charge in [-0.3, -0.25) is 0 Å². The molecule has 0 N–H and O–H groups in total. The Hall–Kier alpha value is -3.64. The summed E-state index contributed by atoms with van der Waals surface area (Å²) in [7, 11) is 0. The van der Waals surface area contributed by atoms with E-state index in [4.69, 9.17) is 15.1 Å². The Balaban J connectivity index is 0.000000154. The topological polar surface area (TPSA) is 0 Å². The molecule has 0 aliphatic heterocycles. The maximum atomic E-state index is 8.47. The van der Waals surface area contributed by atoms with E-state index in [1.807, 2.05) is 137 Å². The third-order valence-electron chi connectivity index (χ3n) is 13.5. The predicted molar refractivity (Wildman–Crippen MR) is 407 cm³/mol. The molecule has 0 saturated carbocycles. The number of benzene rings is 7. The van der Waals surface area contributed by atoms with Crippen LogP contribution in [0.3, 0.4) is 0 Å². The SMILES string of the molecule is [2H]C([2H])(c1ccc2[se]c3cc(C)ccc3c2c1)C(C)(C)C.[2H]c1c(C)[se]c2cc(C([2H])([2H])C(C)(C)C)ccc12.[2H]c1c(C)[se]c2cc(CC(C)(C)C)ccc12.[2H]c1c(C)[se]c2ccc(C([2H])([2H])C(C)(C)C)cc12.[2H]c1c(C)[se]c2ccc(CC(C)(C)C)cc12.[2H]c1c(C)[se]c2ccccc12. The van der Waals surface area contributed by atoms with Gasteiger partial charge in [0.2, 0.25) is 0 Å². The van der Waals surface area contributed by atoms with Crippen LogP contribution in [0.5, 0.6) is 0 Å². The molecule has 0 aliphatic carbocycles. The zero-order valence-electron chi connectivity index (χ0n) is 67.6. The maximum absolute atomic E-state index is 8.47. The Morgan fingerprint density at radius 2 is 0.629 bits per heavy atom. The molecule has 0 unspecified atom stereocenters. The standard InChI is InChI=1S/C18H20Se.4C14H18Se.C9H8Se/c1-12-5-7-14-15-10-13(11-18(2,3)4)6-8-16(15)19-17(14)9-12;2*1-10-7-12-8-11(9-14(2,3)4)5-6-13(12)15-10;2*1-10-7-12-6-5-11(8-13(12)15-10)9-14(2,3)4;1-7-6-8-4-2-3-5-9(8)10-7/h5-10H,11H2,1-4H3;4*5-8H,9H2,1-4H3;2-6H,1H3/i11D2;7D,9D2;7D;7D,9D2;7D;6D. The van der Waals surface area contributed by atoms with Gasteiger partial charge in [-0.05, 0) is 0 Å². The molecule has 0 aliphatic rings. The zero-order chi connectivity index (χ0) is 74.5. The first-order valence-electron chi connectivity index (χ1n) is 36.4. The van der Waals surface area contributed by atoms with Crippen molar-refractivity contribution in [2.75, 3.05) is 0 Å². The van der Waals surface area contributed by atoms with Crippen LogP contribution in [0.25, 0.3) is 67.5 Å². The Bertz CT molecular complexity index is 5050. The van der Waals surface area contributed by atoms with Gasteiger partial charge in [0.1, 0.15) is 0 Å². The summed E-state index contributed by atoms with van der Waals surface area (Å²) < 4.78 is 105. The van der Waals surface area contributed by atoms with Crippen molar-refractivity contribution in [2.45, 2.75) is 177 Å². The van der Waals surface area contributed by atoms with E-state index in [0.717, 1.165) is 76.8 Å². The van der Waals surface area contributed by atoms with Gasteiger partial charge in [0.25, 0.3) is 0 Å². The molecule has 0 spiro atoms. The summed E-state index contributed by atoms with van der Waals surface area (Å²) in [6.07, 6.45) is -1.87. The van der Waals surface area contributed by atoms with Crippen LogP contribution in [-0.4, -0.2) is 87.0 Å². The molecule has 89 heavy (non-hydrogen) atoms. The van der Waals surface area contributed by atoms with Crippen LogP contribution in [-0.2, 0) is 32.0 Å². The summed E-state index contributed by atoms with van der Waals surface area (Å²) in [5, 5.41) is 7.93. The van der Waals surface area contributed by atoms with Crippen LogP contribution in [0.15, 0.2) is 164 Å². The Morgan fingerprint density at radius 1 is 0.281 bits per heavy atom. The quantitative estimate of drug-likeness (QED) is 0.151. The van der Waals surface area contributed by atoms with Crippen molar-refractivity contribution in [3.05, 3.63) is 219 Å². The molecule has 6 aromatic heterocycles. The number of hydrogen-bond donors (Lipinski definition) is 0. The Kier molecular flexibility index (Phi) is 19.3. The zero-order valence-corrected chi connectivity index (χ0v) is 66.8. The van der Waals surface area contributed by atoms with Crippen LogP contribution < -0.4 is 0 Å². The Labute approximate surface area is 588 Å². The van der Waals surface area contributed by atoms with Crippen LogP contribution in [0.4, 0.5) is 0 Å². The molecule has 0 radical (unpaired) electrons. The average molecular weight is 1580 g/mol. The number of hydrogen-bond acceptors (Lipinski definition) is 0. The van der Waals surface area contributed by atoms with Crippen molar-refractivity contribution in [1.82, 2.24) is 0 Å². The van der Waals surface area contributed by atoms with Crippen molar-refractivity contribution in [3.63, 3.8) is 0 Å². The first-order chi connectivity index (χ1) is 46.0. The van der Waals surface area contributed by atoms with Gasteiger partial charge in [-0.1, -0.05) is 0 Å². The summed E-state index contributed by atoms with van der Waals surface area (Å²) in [4.78, 5) is 0. The number of fused-ring (bicyclic) bond motifs is 8. The van der Waals surface area contributed by atoms with E-state index in [-0.39, 0.29) is 29.0 Å². The van der Waals surface area contributed by atoms with Gasteiger partial charge in [0, 0.05) is 0 Å². The average Bonchev–Trinajstić information content (AvgIpc) is 1.52. The molecule has 0 fully saturated rings. The summed E-state index contributed by atoms with van der Waals surface area (Å²) in [5.74, 6) is 0. The molecule has 6 heteroatoms. The van der Waals surface area contributed by atoms with Gasteiger partial charge in [0.15, 0.2) is 0 Å². The van der Waals surface area contributed by atoms with Crippen LogP contribution in [0, 0.1) is 68.6 Å². The van der Waals surface area contributed by atoms with E-state index < -0.39 is 35.4 Å². The van der Waals surface area contributed by atoms with E-state index in [1.165, 1.54) is 71.7 Å². The third-order valence-corrected chi connectivity index (χ3v) is 26.1.